The molecule has 1 fully saturated rings. The Hall–Kier alpha value is -1.75. The fourth-order valence-electron chi connectivity index (χ4n) is 1.90. The normalized spacial score (nSPS) is 21.4. The van der Waals surface area contributed by atoms with Crippen LogP contribution in [0.4, 0.5) is 4.79 Å². The van der Waals surface area contributed by atoms with E-state index in [1.165, 1.54) is 0 Å². The molecule has 2 rings (SSSR count). The lowest BCUT2D eigenvalue weighted by molar-refractivity contribution is 0.0522. The summed E-state index contributed by atoms with van der Waals surface area (Å²) in [6.45, 7) is 6.26. The molecule has 3 N–H and O–H groups in total. The molecule has 5 nitrogen and oxygen atoms in total. The summed E-state index contributed by atoms with van der Waals surface area (Å²) in [5, 5.41) is 15.4. The third kappa shape index (κ3) is 4.74. The van der Waals surface area contributed by atoms with Gasteiger partial charge in [-0.1, -0.05) is 12.1 Å². The van der Waals surface area contributed by atoms with E-state index >= 15 is 0 Å². The van der Waals surface area contributed by atoms with Crippen LogP contribution in [-0.4, -0.2) is 28.9 Å². The minimum absolute atomic E-state index is 0.141. The highest BCUT2D eigenvalue weighted by Crippen LogP contribution is 2.22. The standard InChI is InChI=1S/C15H22N2O3/c1-15(2,3)20-14(19)17-13-8-12(13)16-9-10-4-6-11(18)7-5-10/h4-7,12-13,16,18H,8-9H2,1-3H3,(H,17,19). The van der Waals surface area contributed by atoms with E-state index in [0.29, 0.717) is 0 Å². The molecule has 0 aromatic heterocycles. The van der Waals surface area contributed by atoms with Gasteiger partial charge in [0.25, 0.3) is 0 Å². The first-order valence-electron chi connectivity index (χ1n) is 6.84. The van der Waals surface area contributed by atoms with Gasteiger partial charge in [0.15, 0.2) is 0 Å². The lowest BCUT2D eigenvalue weighted by Crippen LogP contribution is -2.36. The van der Waals surface area contributed by atoms with Gasteiger partial charge in [0.2, 0.25) is 0 Å². The molecule has 20 heavy (non-hydrogen) atoms. The largest absolute Gasteiger partial charge is 0.508 e. The number of amides is 1. The number of ether oxygens (including phenoxy) is 1. The molecule has 0 radical (unpaired) electrons. The number of carbonyl (C=O) groups is 1. The van der Waals surface area contributed by atoms with Crippen LogP contribution in [-0.2, 0) is 11.3 Å². The Balaban J connectivity index is 1.68. The summed E-state index contributed by atoms with van der Waals surface area (Å²) < 4.78 is 5.21. The SMILES string of the molecule is CC(C)(C)OC(=O)NC1CC1NCc1ccc(O)cc1. The number of hydrogen-bond acceptors (Lipinski definition) is 4. The maximum atomic E-state index is 11.6. The van der Waals surface area contributed by atoms with Gasteiger partial charge in [-0.25, -0.2) is 4.79 Å². The molecule has 1 aliphatic rings. The third-order valence-electron chi connectivity index (χ3n) is 3.00. The second-order valence-corrected chi connectivity index (χ2v) is 6.14. The van der Waals surface area contributed by atoms with Crippen molar-refractivity contribution < 1.29 is 14.6 Å². The van der Waals surface area contributed by atoms with Crippen molar-refractivity contribution in [2.45, 2.75) is 51.4 Å². The summed E-state index contributed by atoms with van der Waals surface area (Å²) in [6, 6.07) is 7.51. The van der Waals surface area contributed by atoms with Crippen LogP contribution in [0.3, 0.4) is 0 Å². The van der Waals surface area contributed by atoms with Crippen molar-refractivity contribution in [2.24, 2.45) is 0 Å². The number of nitrogens with one attached hydrogen (secondary N) is 2. The Morgan fingerprint density at radius 3 is 2.55 bits per heavy atom. The number of phenols is 1. The number of aromatic hydroxyl groups is 1. The molecule has 1 aliphatic carbocycles. The molecule has 1 aromatic rings. The van der Waals surface area contributed by atoms with Gasteiger partial charge in [-0.2, -0.15) is 0 Å². The topological polar surface area (TPSA) is 70.6 Å². The number of hydrogen-bond donors (Lipinski definition) is 3. The van der Waals surface area contributed by atoms with Gasteiger partial charge in [0, 0.05) is 18.6 Å². The molecule has 1 amide bonds. The summed E-state index contributed by atoms with van der Waals surface area (Å²) in [7, 11) is 0. The van der Waals surface area contributed by atoms with Crippen LogP contribution in [0.15, 0.2) is 24.3 Å². The summed E-state index contributed by atoms with van der Waals surface area (Å²) in [5.74, 6) is 0.268. The smallest absolute Gasteiger partial charge is 0.407 e. The predicted molar refractivity (Wildman–Crippen MR) is 76.5 cm³/mol. The maximum Gasteiger partial charge on any atom is 0.407 e. The van der Waals surface area contributed by atoms with Crippen molar-refractivity contribution in [3.05, 3.63) is 29.8 Å². The van der Waals surface area contributed by atoms with E-state index in [0.717, 1.165) is 18.5 Å². The Morgan fingerprint density at radius 2 is 1.95 bits per heavy atom. The molecule has 0 aliphatic heterocycles. The first-order chi connectivity index (χ1) is 9.33. The van der Waals surface area contributed by atoms with Gasteiger partial charge < -0.3 is 20.5 Å². The Kier molecular flexibility index (Phi) is 4.18. The van der Waals surface area contributed by atoms with Gasteiger partial charge in [0.05, 0.1) is 0 Å². The minimum atomic E-state index is -0.464. The van der Waals surface area contributed by atoms with Crippen LogP contribution in [0.2, 0.25) is 0 Å². The number of carbonyl (C=O) groups excluding carboxylic acids is 1. The van der Waals surface area contributed by atoms with Gasteiger partial charge >= 0.3 is 6.09 Å². The van der Waals surface area contributed by atoms with Crippen molar-refractivity contribution in [1.82, 2.24) is 10.6 Å². The van der Waals surface area contributed by atoms with Crippen molar-refractivity contribution in [3.8, 4) is 5.75 Å². The van der Waals surface area contributed by atoms with Crippen LogP contribution in [0.1, 0.15) is 32.8 Å². The van der Waals surface area contributed by atoms with E-state index in [2.05, 4.69) is 10.6 Å². The second kappa shape index (κ2) is 5.71. The average molecular weight is 278 g/mol. The van der Waals surface area contributed by atoms with Crippen molar-refractivity contribution in [3.63, 3.8) is 0 Å². The molecule has 1 saturated carbocycles. The van der Waals surface area contributed by atoms with E-state index < -0.39 is 5.60 Å². The van der Waals surface area contributed by atoms with E-state index in [9.17, 15) is 9.90 Å². The predicted octanol–water partition coefficient (Wildman–Crippen LogP) is 2.15. The zero-order valence-electron chi connectivity index (χ0n) is 12.1. The van der Waals surface area contributed by atoms with Gasteiger partial charge in [0.1, 0.15) is 11.4 Å². The van der Waals surface area contributed by atoms with Gasteiger partial charge in [-0.05, 0) is 44.9 Å². The lowest BCUT2D eigenvalue weighted by atomic mass is 10.2. The molecule has 2 atom stereocenters. The molecule has 1 aromatic carbocycles. The Morgan fingerprint density at radius 1 is 1.30 bits per heavy atom. The number of benzene rings is 1. The van der Waals surface area contributed by atoms with E-state index in [-0.39, 0.29) is 23.9 Å². The zero-order chi connectivity index (χ0) is 14.8. The van der Waals surface area contributed by atoms with E-state index in [4.69, 9.17) is 4.74 Å². The Labute approximate surface area is 119 Å². The summed E-state index contributed by atoms with van der Waals surface area (Å²) in [5.41, 5.74) is 0.638. The summed E-state index contributed by atoms with van der Waals surface area (Å²) in [6.07, 6.45) is 0.550. The van der Waals surface area contributed by atoms with Crippen LogP contribution in [0.25, 0.3) is 0 Å². The van der Waals surface area contributed by atoms with Crippen LogP contribution < -0.4 is 10.6 Å². The van der Waals surface area contributed by atoms with Gasteiger partial charge in [-0.3, -0.25) is 0 Å². The van der Waals surface area contributed by atoms with Crippen molar-refractivity contribution in [1.29, 1.82) is 0 Å². The van der Waals surface area contributed by atoms with Crippen LogP contribution in [0, 0.1) is 0 Å². The molecule has 0 heterocycles. The fraction of sp³-hybridized carbons (Fsp3) is 0.533. The molecule has 110 valence electrons. The quantitative estimate of drug-likeness (QED) is 0.789. The van der Waals surface area contributed by atoms with Crippen molar-refractivity contribution in [2.75, 3.05) is 0 Å². The molecule has 0 saturated heterocycles. The van der Waals surface area contributed by atoms with Gasteiger partial charge in [-0.15, -0.1) is 0 Å². The molecular formula is C15H22N2O3. The van der Waals surface area contributed by atoms with E-state index in [1.807, 2.05) is 32.9 Å². The molecular weight excluding hydrogens is 256 g/mol. The van der Waals surface area contributed by atoms with Crippen LogP contribution in [0.5, 0.6) is 5.75 Å². The van der Waals surface area contributed by atoms with E-state index in [1.54, 1.807) is 12.1 Å². The van der Waals surface area contributed by atoms with Crippen LogP contribution >= 0.6 is 0 Å². The minimum Gasteiger partial charge on any atom is -0.508 e. The Bertz CT molecular complexity index is 465. The number of rotatable bonds is 4. The molecule has 0 spiro atoms. The monoisotopic (exact) mass is 278 g/mol. The zero-order valence-corrected chi connectivity index (χ0v) is 12.1. The second-order valence-electron chi connectivity index (χ2n) is 6.14. The number of alkyl carbamates (subject to hydrolysis) is 1. The van der Waals surface area contributed by atoms with Crippen molar-refractivity contribution >= 4 is 6.09 Å². The highest BCUT2D eigenvalue weighted by Gasteiger charge is 2.38. The first-order valence-corrected chi connectivity index (χ1v) is 6.84. The molecule has 5 heteroatoms. The number of phenolic OH excluding ortho intramolecular Hbond substituents is 1. The highest BCUT2D eigenvalue weighted by molar-refractivity contribution is 5.68. The molecule has 0 bridgehead atoms. The highest BCUT2D eigenvalue weighted by atomic mass is 16.6. The fourth-order valence-corrected chi connectivity index (χ4v) is 1.90. The summed E-state index contributed by atoms with van der Waals surface area (Å²) in [4.78, 5) is 11.6. The summed E-state index contributed by atoms with van der Waals surface area (Å²) >= 11 is 0. The average Bonchev–Trinajstić information content (AvgIpc) is 3.04. The molecule has 2 unspecified atom stereocenters. The first kappa shape index (κ1) is 14.7. The maximum absolute atomic E-state index is 11.6. The third-order valence-corrected chi connectivity index (χ3v) is 3.00. The lowest BCUT2D eigenvalue weighted by Gasteiger charge is -2.19.